The molecule has 3 saturated heterocycles. The van der Waals surface area contributed by atoms with Gasteiger partial charge in [0.1, 0.15) is 0 Å². The lowest BCUT2D eigenvalue weighted by Crippen LogP contribution is -2.48. The molecule has 0 spiro atoms. The molecule has 6 nitrogen and oxygen atoms in total. The highest BCUT2D eigenvalue weighted by Crippen LogP contribution is 2.23. The molecule has 2 atom stereocenters. The summed E-state index contributed by atoms with van der Waals surface area (Å²) < 4.78 is 49.4. The maximum absolute atomic E-state index is 12.5. The standard InChI is InChI=1S/C20H35F3N4O2.HI/c1-24-19(25-12-16-5-8-26(13-16)15-20(21,22)23)27-9-6-17(7-10-27)29-14-18-4-2-3-11-28-18;/h16-18H,2-15H2,1H3,(H,24,25);1H. The van der Waals surface area contributed by atoms with Crippen molar-refractivity contribution in [3.63, 3.8) is 0 Å². The molecular formula is C20H36F3IN4O2. The molecule has 3 fully saturated rings. The number of rotatable bonds is 6. The molecule has 3 rings (SSSR count). The fourth-order valence-electron chi connectivity index (χ4n) is 4.46. The molecule has 1 N–H and O–H groups in total. The summed E-state index contributed by atoms with van der Waals surface area (Å²) in [5.74, 6) is 1.07. The second kappa shape index (κ2) is 12.6. The van der Waals surface area contributed by atoms with Crippen LogP contribution in [0.1, 0.15) is 38.5 Å². The van der Waals surface area contributed by atoms with Crippen molar-refractivity contribution in [2.24, 2.45) is 10.9 Å². The summed E-state index contributed by atoms with van der Waals surface area (Å²) in [6.07, 6.45) is 2.57. The number of nitrogens with one attached hydrogen (secondary N) is 1. The van der Waals surface area contributed by atoms with Crippen LogP contribution in [0.25, 0.3) is 0 Å². The molecule has 0 bridgehead atoms. The highest BCUT2D eigenvalue weighted by molar-refractivity contribution is 14.0. The van der Waals surface area contributed by atoms with E-state index in [0.717, 1.165) is 57.8 Å². The lowest BCUT2D eigenvalue weighted by atomic mass is 10.1. The average Bonchev–Trinajstić information content (AvgIpc) is 3.14. The minimum atomic E-state index is -4.12. The molecule has 176 valence electrons. The van der Waals surface area contributed by atoms with Gasteiger partial charge in [-0.25, -0.2) is 0 Å². The van der Waals surface area contributed by atoms with E-state index >= 15 is 0 Å². The molecule has 3 aliphatic rings. The Balaban J connectivity index is 0.00000320. The molecule has 30 heavy (non-hydrogen) atoms. The van der Waals surface area contributed by atoms with Crippen molar-refractivity contribution in [3.8, 4) is 0 Å². The number of ether oxygens (including phenoxy) is 2. The topological polar surface area (TPSA) is 49.3 Å². The van der Waals surface area contributed by atoms with Crippen LogP contribution in [0.15, 0.2) is 4.99 Å². The fraction of sp³-hybridized carbons (Fsp3) is 0.950. The van der Waals surface area contributed by atoms with Crippen LogP contribution in [0.2, 0.25) is 0 Å². The van der Waals surface area contributed by atoms with Gasteiger partial charge in [-0.3, -0.25) is 9.89 Å². The number of hydrogen-bond donors (Lipinski definition) is 1. The van der Waals surface area contributed by atoms with Crippen LogP contribution in [0.4, 0.5) is 13.2 Å². The molecule has 0 aromatic carbocycles. The van der Waals surface area contributed by atoms with Crippen molar-refractivity contribution < 1.29 is 22.6 Å². The van der Waals surface area contributed by atoms with Crippen LogP contribution >= 0.6 is 24.0 Å². The quantitative estimate of drug-likeness (QED) is 0.314. The Morgan fingerprint density at radius 2 is 1.90 bits per heavy atom. The SMILES string of the molecule is CN=C(NCC1CCN(CC(F)(F)F)C1)N1CCC(OCC2CCCCO2)CC1.I. The second-order valence-corrected chi connectivity index (χ2v) is 8.44. The molecule has 3 aliphatic heterocycles. The van der Waals surface area contributed by atoms with Crippen molar-refractivity contribution in [1.29, 1.82) is 0 Å². The smallest absolute Gasteiger partial charge is 0.376 e. The Morgan fingerprint density at radius 3 is 2.53 bits per heavy atom. The lowest BCUT2D eigenvalue weighted by Gasteiger charge is -2.35. The van der Waals surface area contributed by atoms with Crippen molar-refractivity contribution in [3.05, 3.63) is 0 Å². The van der Waals surface area contributed by atoms with Crippen molar-refractivity contribution in [2.75, 3.05) is 59.5 Å². The molecule has 0 aliphatic carbocycles. The molecular weight excluding hydrogens is 512 g/mol. The Morgan fingerprint density at radius 1 is 1.13 bits per heavy atom. The maximum Gasteiger partial charge on any atom is 0.401 e. The first-order chi connectivity index (χ1) is 13.9. The number of aliphatic imine (C=N–C) groups is 1. The van der Waals surface area contributed by atoms with Crippen molar-refractivity contribution in [2.45, 2.75) is 56.9 Å². The lowest BCUT2D eigenvalue weighted by molar-refractivity contribution is -0.143. The molecule has 0 aromatic rings. The van der Waals surface area contributed by atoms with Crippen LogP contribution in [-0.2, 0) is 9.47 Å². The van der Waals surface area contributed by atoms with Crippen LogP contribution in [0.3, 0.4) is 0 Å². The zero-order valence-electron chi connectivity index (χ0n) is 17.8. The Hall–Kier alpha value is -0.330. The number of guanidine groups is 1. The predicted octanol–water partition coefficient (Wildman–Crippen LogP) is 3.11. The third-order valence-electron chi connectivity index (χ3n) is 6.07. The van der Waals surface area contributed by atoms with Crippen molar-refractivity contribution in [1.82, 2.24) is 15.1 Å². The first-order valence-electron chi connectivity index (χ1n) is 10.9. The van der Waals surface area contributed by atoms with Gasteiger partial charge in [0.2, 0.25) is 0 Å². The second-order valence-electron chi connectivity index (χ2n) is 8.44. The van der Waals surface area contributed by atoms with Crippen molar-refractivity contribution >= 4 is 29.9 Å². The van der Waals surface area contributed by atoms with Gasteiger partial charge in [0.05, 0.1) is 25.4 Å². The first-order valence-corrected chi connectivity index (χ1v) is 10.9. The van der Waals surface area contributed by atoms with E-state index in [9.17, 15) is 13.2 Å². The largest absolute Gasteiger partial charge is 0.401 e. The Bertz CT molecular complexity index is 525. The zero-order chi connectivity index (χ0) is 20.7. The number of nitrogens with zero attached hydrogens (tertiary/aromatic N) is 3. The van der Waals surface area contributed by atoms with E-state index in [-0.39, 0.29) is 42.1 Å². The Kier molecular flexibility index (Phi) is 10.9. The van der Waals surface area contributed by atoms with Gasteiger partial charge in [-0.1, -0.05) is 0 Å². The summed E-state index contributed by atoms with van der Waals surface area (Å²) in [5.41, 5.74) is 0. The van der Waals surface area contributed by atoms with Gasteiger partial charge in [-0.2, -0.15) is 13.2 Å². The fourth-order valence-corrected chi connectivity index (χ4v) is 4.46. The molecule has 2 unspecified atom stereocenters. The zero-order valence-corrected chi connectivity index (χ0v) is 20.2. The number of piperidine rings is 1. The molecule has 0 saturated carbocycles. The molecule has 0 aromatic heterocycles. The molecule has 10 heteroatoms. The van der Waals surface area contributed by atoms with Gasteiger partial charge in [-0.15, -0.1) is 24.0 Å². The summed E-state index contributed by atoms with van der Waals surface area (Å²) in [5, 5.41) is 3.37. The van der Waals surface area contributed by atoms with E-state index in [1.165, 1.54) is 11.3 Å². The third kappa shape index (κ3) is 8.66. The summed E-state index contributed by atoms with van der Waals surface area (Å²) >= 11 is 0. The van der Waals surface area contributed by atoms with Crippen LogP contribution in [-0.4, -0.2) is 93.7 Å². The Labute approximate surface area is 194 Å². The van der Waals surface area contributed by atoms with Gasteiger partial charge in [0, 0.05) is 39.8 Å². The van der Waals surface area contributed by atoms with E-state index in [1.807, 2.05) is 0 Å². The van der Waals surface area contributed by atoms with Gasteiger partial charge in [-0.05, 0) is 51.0 Å². The summed E-state index contributed by atoms with van der Waals surface area (Å²) in [6.45, 7) is 4.15. The average molecular weight is 548 g/mol. The van der Waals surface area contributed by atoms with E-state index in [0.29, 0.717) is 26.2 Å². The highest BCUT2D eigenvalue weighted by atomic mass is 127. The summed E-state index contributed by atoms with van der Waals surface area (Å²) in [6, 6.07) is 0. The minimum absolute atomic E-state index is 0. The van der Waals surface area contributed by atoms with E-state index in [2.05, 4.69) is 15.2 Å². The van der Waals surface area contributed by atoms with Crippen LogP contribution < -0.4 is 5.32 Å². The van der Waals surface area contributed by atoms with Crippen LogP contribution in [0.5, 0.6) is 0 Å². The third-order valence-corrected chi connectivity index (χ3v) is 6.07. The number of halogens is 4. The first kappa shape index (κ1) is 25.9. The minimum Gasteiger partial charge on any atom is -0.376 e. The molecule has 0 radical (unpaired) electrons. The maximum atomic E-state index is 12.5. The number of hydrogen-bond acceptors (Lipinski definition) is 4. The van der Waals surface area contributed by atoms with E-state index < -0.39 is 12.7 Å². The number of alkyl halides is 3. The molecule has 3 heterocycles. The van der Waals surface area contributed by atoms with Crippen LogP contribution in [0, 0.1) is 5.92 Å². The predicted molar refractivity (Wildman–Crippen MR) is 122 cm³/mol. The van der Waals surface area contributed by atoms with Gasteiger partial charge >= 0.3 is 6.18 Å². The monoisotopic (exact) mass is 548 g/mol. The van der Waals surface area contributed by atoms with E-state index in [1.54, 1.807) is 7.05 Å². The number of likely N-dealkylation sites (tertiary alicyclic amines) is 2. The highest BCUT2D eigenvalue weighted by Gasteiger charge is 2.34. The summed E-state index contributed by atoms with van der Waals surface area (Å²) in [4.78, 5) is 8.09. The van der Waals surface area contributed by atoms with E-state index in [4.69, 9.17) is 9.47 Å². The molecule has 0 amide bonds. The van der Waals surface area contributed by atoms with Gasteiger partial charge in [0.15, 0.2) is 5.96 Å². The van der Waals surface area contributed by atoms with Gasteiger partial charge < -0.3 is 19.7 Å². The van der Waals surface area contributed by atoms with Gasteiger partial charge in [0.25, 0.3) is 0 Å². The normalized spacial score (nSPS) is 27.2. The summed E-state index contributed by atoms with van der Waals surface area (Å²) in [7, 11) is 1.76.